The summed E-state index contributed by atoms with van der Waals surface area (Å²) in [5.41, 5.74) is 0. The fraction of sp³-hybridized carbons (Fsp3) is 0. The van der Waals surface area contributed by atoms with Crippen LogP contribution in [0.4, 0.5) is 10.1 Å². The first-order valence-corrected chi connectivity index (χ1v) is 7.86. The topological polar surface area (TPSA) is 102 Å². The molecular weight excluding hydrogens is 358 g/mol. The molecule has 1 N–H and O–H groups in total. The van der Waals surface area contributed by atoms with Crippen molar-refractivity contribution in [2.24, 2.45) is 0 Å². The van der Waals surface area contributed by atoms with E-state index in [9.17, 15) is 18.5 Å². The van der Waals surface area contributed by atoms with E-state index in [4.69, 9.17) is 0 Å². The lowest BCUT2D eigenvalue weighted by molar-refractivity contribution is -0.380. The number of nitro groups is 1. The van der Waals surface area contributed by atoms with Crippen LogP contribution in [0.15, 0.2) is 39.8 Å². The molecule has 1 heterocycles. The molecular formula is C9H6BrN3O4S2. The number of thiazole rings is 1. The molecule has 0 radical (unpaired) electrons. The Balaban J connectivity index is 2.25. The highest BCUT2D eigenvalue weighted by Crippen LogP contribution is 2.27. The van der Waals surface area contributed by atoms with E-state index in [0.717, 1.165) is 10.7 Å². The Morgan fingerprint density at radius 1 is 1.32 bits per heavy atom. The average molecular weight is 364 g/mol. The van der Waals surface area contributed by atoms with Gasteiger partial charge in [0.15, 0.2) is 0 Å². The van der Waals surface area contributed by atoms with Crippen LogP contribution in [0, 0.1) is 10.1 Å². The molecule has 100 valence electrons. The van der Waals surface area contributed by atoms with Crippen LogP contribution in [0.1, 0.15) is 0 Å². The first kappa shape index (κ1) is 13.9. The van der Waals surface area contributed by atoms with Gasteiger partial charge in [-0.15, -0.1) is 0 Å². The number of hydrogen-bond donors (Lipinski definition) is 1. The third-order valence-corrected chi connectivity index (χ3v) is 4.90. The summed E-state index contributed by atoms with van der Waals surface area (Å²) in [6.07, 6.45) is 1.00. The van der Waals surface area contributed by atoms with E-state index in [1.165, 1.54) is 12.1 Å². The zero-order valence-electron chi connectivity index (χ0n) is 9.11. The first-order valence-electron chi connectivity index (χ1n) is 4.77. The van der Waals surface area contributed by atoms with Gasteiger partial charge in [-0.2, -0.15) is 0 Å². The minimum Gasteiger partial charge on any atom is -0.257 e. The van der Waals surface area contributed by atoms with Crippen LogP contribution in [0.2, 0.25) is 0 Å². The molecule has 0 amide bonds. The van der Waals surface area contributed by atoms with Gasteiger partial charge >= 0.3 is 5.00 Å². The van der Waals surface area contributed by atoms with Gasteiger partial charge in [-0.1, -0.05) is 15.9 Å². The number of sulfonamides is 1. The monoisotopic (exact) mass is 363 g/mol. The number of aromatic nitrogens is 1. The second-order valence-corrected chi connectivity index (χ2v) is 6.93. The molecule has 2 aromatic rings. The maximum absolute atomic E-state index is 12.0. The van der Waals surface area contributed by atoms with Crippen LogP contribution in [0.3, 0.4) is 0 Å². The van der Waals surface area contributed by atoms with Gasteiger partial charge in [0.05, 0.1) is 9.82 Å². The molecule has 2 rings (SSSR count). The summed E-state index contributed by atoms with van der Waals surface area (Å²) < 4.78 is 26.9. The lowest BCUT2D eigenvalue weighted by Crippen LogP contribution is -2.12. The molecule has 0 aliphatic carbocycles. The minimum atomic E-state index is -3.79. The predicted octanol–water partition coefficient (Wildman–Crippen LogP) is 2.61. The number of nitrogens with one attached hydrogen (secondary N) is 1. The van der Waals surface area contributed by atoms with E-state index in [1.54, 1.807) is 12.1 Å². The fourth-order valence-electron chi connectivity index (χ4n) is 1.18. The second-order valence-electron chi connectivity index (χ2n) is 3.32. The summed E-state index contributed by atoms with van der Waals surface area (Å²) in [5.74, 6) is 0. The highest BCUT2D eigenvalue weighted by Gasteiger charge is 2.18. The van der Waals surface area contributed by atoms with E-state index in [2.05, 4.69) is 25.6 Å². The molecule has 1 aromatic carbocycles. The van der Waals surface area contributed by atoms with Crippen molar-refractivity contribution in [3.8, 4) is 0 Å². The van der Waals surface area contributed by atoms with Crippen LogP contribution in [-0.4, -0.2) is 18.3 Å². The number of benzene rings is 1. The van der Waals surface area contributed by atoms with Crippen molar-refractivity contribution in [2.75, 3.05) is 4.72 Å². The molecule has 19 heavy (non-hydrogen) atoms. The smallest absolute Gasteiger partial charge is 0.257 e. The van der Waals surface area contributed by atoms with Gasteiger partial charge in [0.2, 0.25) is 5.13 Å². The molecule has 0 aliphatic rings. The highest BCUT2D eigenvalue weighted by atomic mass is 79.9. The summed E-state index contributed by atoms with van der Waals surface area (Å²) in [4.78, 5) is 13.5. The van der Waals surface area contributed by atoms with Gasteiger partial charge in [-0.05, 0) is 35.6 Å². The van der Waals surface area contributed by atoms with Crippen LogP contribution >= 0.6 is 27.3 Å². The molecule has 0 aliphatic heterocycles. The zero-order valence-corrected chi connectivity index (χ0v) is 12.3. The Morgan fingerprint density at radius 2 is 1.95 bits per heavy atom. The summed E-state index contributed by atoms with van der Waals surface area (Å²) >= 11 is 3.85. The van der Waals surface area contributed by atoms with Gasteiger partial charge in [-0.25, -0.2) is 13.4 Å². The van der Waals surface area contributed by atoms with Gasteiger partial charge in [0, 0.05) is 4.47 Å². The first-order chi connectivity index (χ1) is 8.88. The molecule has 0 saturated heterocycles. The summed E-state index contributed by atoms with van der Waals surface area (Å²) in [6, 6.07) is 5.99. The highest BCUT2D eigenvalue weighted by molar-refractivity contribution is 9.10. The minimum absolute atomic E-state index is 0.0466. The molecule has 0 unspecified atom stereocenters. The normalized spacial score (nSPS) is 11.2. The Hall–Kier alpha value is -1.52. The van der Waals surface area contributed by atoms with Gasteiger partial charge in [0.25, 0.3) is 10.0 Å². The molecule has 7 nitrogen and oxygen atoms in total. The third-order valence-electron chi connectivity index (χ3n) is 2.02. The molecule has 0 bridgehead atoms. The molecule has 1 aromatic heterocycles. The van der Waals surface area contributed by atoms with Crippen LogP contribution in [0.5, 0.6) is 0 Å². The number of halogens is 1. The lowest BCUT2D eigenvalue weighted by Gasteiger charge is -2.04. The van der Waals surface area contributed by atoms with Gasteiger partial charge in [-0.3, -0.25) is 14.8 Å². The molecule has 0 spiro atoms. The van der Waals surface area contributed by atoms with E-state index in [0.29, 0.717) is 11.3 Å². The standard InChI is InChI=1S/C9H6BrN3O4S2/c10-6-1-3-7(4-2-6)19(16,17)12-9-11-5-8(18-9)13(14)15/h1-5H,(H,11,12). The number of nitrogens with zero attached hydrogens (tertiary/aromatic N) is 2. The molecule has 0 saturated carbocycles. The van der Waals surface area contributed by atoms with Crippen molar-refractivity contribution in [3.05, 3.63) is 45.0 Å². The molecule has 0 atom stereocenters. The summed E-state index contributed by atoms with van der Waals surface area (Å²) in [5, 5.41) is 10.2. The lowest BCUT2D eigenvalue weighted by atomic mass is 10.4. The van der Waals surface area contributed by atoms with E-state index in [1.807, 2.05) is 0 Å². The van der Waals surface area contributed by atoms with Crippen LogP contribution in [0.25, 0.3) is 0 Å². The van der Waals surface area contributed by atoms with Crippen molar-refractivity contribution in [2.45, 2.75) is 4.90 Å². The van der Waals surface area contributed by atoms with Crippen molar-refractivity contribution < 1.29 is 13.3 Å². The Morgan fingerprint density at radius 3 is 2.47 bits per heavy atom. The number of hydrogen-bond acceptors (Lipinski definition) is 6. The fourth-order valence-corrected chi connectivity index (χ4v) is 3.32. The molecule has 10 heteroatoms. The van der Waals surface area contributed by atoms with Crippen molar-refractivity contribution >= 4 is 47.4 Å². The number of rotatable bonds is 4. The SMILES string of the molecule is O=[N+]([O-])c1cnc(NS(=O)(=O)c2ccc(Br)cc2)s1. The maximum Gasteiger partial charge on any atom is 0.345 e. The van der Waals surface area contributed by atoms with E-state index >= 15 is 0 Å². The Bertz CT molecular complexity index is 711. The van der Waals surface area contributed by atoms with Crippen LogP contribution in [-0.2, 0) is 10.0 Å². The summed E-state index contributed by atoms with van der Waals surface area (Å²) in [6.45, 7) is 0. The third kappa shape index (κ3) is 3.28. The van der Waals surface area contributed by atoms with Crippen molar-refractivity contribution in [1.82, 2.24) is 4.98 Å². The van der Waals surface area contributed by atoms with E-state index in [-0.39, 0.29) is 15.0 Å². The Kier molecular flexibility index (Phi) is 3.83. The largest absolute Gasteiger partial charge is 0.345 e. The zero-order chi connectivity index (χ0) is 14.0. The second kappa shape index (κ2) is 5.23. The van der Waals surface area contributed by atoms with Gasteiger partial charge in [0.1, 0.15) is 6.20 Å². The van der Waals surface area contributed by atoms with Crippen molar-refractivity contribution in [1.29, 1.82) is 0 Å². The Labute approximate surface area is 120 Å². The van der Waals surface area contributed by atoms with E-state index < -0.39 is 14.9 Å². The average Bonchev–Trinajstić information content (AvgIpc) is 2.77. The summed E-state index contributed by atoms with van der Waals surface area (Å²) in [7, 11) is -3.79. The quantitative estimate of drug-likeness (QED) is 0.664. The maximum atomic E-state index is 12.0. The number of anilines is 1. The van der Waals surface area contributed by atoms with Crippen molar-refractivity contribution in [3.63, 3.8) is 0 Å². The molecule has 0 fully saturated rings. The predicted molar refractivity (Wildman–Crippen MR) is 73.7 cm³/mol. The van der Waals surface area contributed by atoms with Gasteiger partial charge < -0.3 is 0 Å². The van der Waals surface area contributed by atoms with Crippen LogP contribution < -0.4 is 4.72 Å².